The second-order valence-corrected chi connectivity index (χ2v) is 2.14. The standard InChI is InChI=1S/C8H8O2/c1-2-4-8-7(3-1)9-5-6-10-8/h1-4H,5-6H2/q+1. The van der Waals surface area contributed by atoms with E-state index in [0.717, 1.165) is 11.5 Å². The highest BCUT2D eigenvalue weighted by atomic mass is 16.6. The van der Waals surface area contributed by atoms with Crippen molar-refractivity contribution in [3.05, 3.63) is 24.3 Å². The van der Waals surface area contributed by atoms with Gasteiger partial charge in [0.15, 0.2) is 6.61 Å². The highest BCUT2D eigenvalue weighted by Crippen LogP contribution is 2.28. The first-order valence-electron chi connectivity index (χ1n) is 3.31. The van der Waals surface area contributed by atoms with Crippen molar-refractivity contribution in [1.82, 2.24) is 0 Å². The fraction of sp³-hybridized carbons (Fsp3) is 0.250. The molecule has 1 aliphatic heterocycles. The van der Waals surface area contributed by atoms with Crippen molar-refractivity contribution in [3.63, 3.8) is 0 Å². The van der Waals surface area contributed by atoms with Gasteiger partial charge in [-0.15, -0.1) is 0 Å². The van der Waals surface area contributed by atoms with Gasteiger partial charge >= 0.3 is 5.75 Å². The lowest BCUT2D eigenvalue weighted by molar-refractivity contribution is 0.171. The first kappa shape index (κ1) is 5.59. The van der Waals surface area contributed by atoms with Crippen LogP contribution in [0.2, 0.25) is 0 Å². The second-order valence-electron chi connectivity index (χ2n) is 2.14. The minimum Gasteiger partial charge on any atom is -0.475 e. The third-order valence-corrected chi connectivity index (χ3v) is 1.45. The zero-order chi connectivity index (χ0) is 6.81. The van der Waals surface area contributed by atoms with Crippen molar-refractivity contribution < 1.29 is 9.47 Å². The van der Waals surface area contributed by atoms with Gasteiger partial charge in [0.25, 0.3) is 6.61 Å². The molecule has 2 heteroatoms. The molecular formula is C8H8O2+. The predicted molar refractivity (Wildman–Crippen MR) is 37.4 cm³/mol. The van der Waals surface area contributed by atoms with Crippen LogP contribution >= 0.6 is 0 Å². The van der Waals surface area contributed by atoms with Gasteiger partial charge in [-0.1, -0.05) is 12.1 Å². The summed E-state index contributed by atoms with van der Waals surface area (Å²) in [5, 5.41) is 0. The van der Waals surface area contributed by atoms with Gasteiger partial charge in [0, 0.05) is 6.07 Å². The normalized spacial score (nSPS) is 14.8. The van der Waals surface area contributed by atoms with Crippen LogP contribution in [0.5, 0.6) is 11.5 Å². The second kappa shape index (κ2) is 2.21. The number of fused-ring (bicyclic) bond motifs is 1. The SMILES string of the molecule is c1ccc2c(c1)OCC[O+]2. The van der Waals surface area contributed by atoms with Crippen molar-refractivity contribution in [2.75, 3.05) is 13.2 Å². The van der Waals surface area contributed by atoms with Crippen LogP contribution in [0.25, 0.3) is 0 Å². The van der Waals surface area contributed by atoms with Gasteiger partial charge in [-0.05, 0) is 6.07 Å². The van der Waals surface area contributed by atoms with E-state index in [2.05, 4.69) is 0 Å². The Kier molecular flexibility index (Phi) is 1.24. The largest absolute Gasteiger partial charge is 0.475 e. The van der Waals surface area contributed by atoms with Crippen molar-refractivity contribution in [3.8, 4) is 11.5 Å². The number of hydrogen-bond acceptors (Lipinski definition) is 2. The number of benzene rings is 1. The molecule has 1 heterocycles. The molecule has 0 saturated carbocycles. The van der Waals surface area contributed by atoms with Crippen LogP contribution in [0.4, 0.5) is 0 Å². The van der Waals surface area contributed by atoms with Gasteiger partial charge in [0.1, 0.15) is 0 Å². The summed E-state index contributed by atoms with van der Waals surface area (Å²) >= 11 is 0. The maximum absolute atomic E-state index is 5.30. The molecule has 0 fully saturated rings. The lowest BCUT2D eigenvalue weighted by Gasteiger charge is -2.06. The summed E-state index contributed by atoms with van der Waals surface area (Å²) in [7, 11) is 0. The molecule has 0 amide bonds. The average molecular weight is 136 g/mol. The summed E-state index contributed by atoms with van der Waals surface area (Å²) in [5.41, 5.74) is 0. The molecule has 0 unspecified atom stereocenters. The van der Waals surface area contributed by atoms with Gasteiger partial charge in [-0.2, -0.15) is 0 Å². The summed E-state index contributed by atoms with van der Waals surface area (Å²) in [6, 6.07) is 7.70. The van der Waals surface area contributed by atoms with E-state index < -0.39 is 0 Å². The third-order valence-electron chi connectivity index (χ3n) is 1.45. The van der Waals surface area contributed by atoms with Gasteiger partial charge < -0.3 is 4.74 Å². The summed E-state index contributed by atoms with van der Waals surface area (Å²) < 4.78 is 10.6. The van der Waals surface area contributed by atoms with Crippen molar-refractivity contribution in [2.24, 2.45) is 0 Å². The molecule has 0 N–H and O–H groups in total. The summed E-state index contributed by atoms with van der Waals surface area (Å²) in [6.07, 6.45) is 0. The quantitative estimate of drug-likeness (QED) is 0.503. The lowest BCUT2D eigenvalue weighted by atomic mass is 10.3. The average Bonchev–Trinajstić information content (AvgIpc) is 2.05. The molecule has 0 atom stereocenters. The minimum atomic E-state index is 0.664. The van der Waals surface area contributed by atoms with Crippen LogP contribution in [-0.2, 0) is 0 Å². The van der Waals surface area contributed by atoms with E-state index in [0.29, 0.717) is 13.2 Å². The molecule has 0 aliphatic carbocycles. The Morgan fingerprint density at radius 1 is 1.30 bits per heavy atom. The monoisotopic (exact) mass is 136 g/mol. The van der Waals surface area contributed by atoms with Gasteiger partial charge in [0.2, 0.25) is 5.75 Å². The molecule has 0 spiro atoms. The maximum atomic E-state index is 5.30. The maximum Gasteiger partial charge on any atom is 0.385 e. The Morgan fingerprint density at radius 2 is 2.20 bits per heavy atom. The Labute approximate surface area is 59.4 Å². The molecule has 51 valence electrons. The van der Waals surface area contributed by atoms with Crippen LogP contribution in [0.3, 0.4) is 0 Å². The molecule has 2 rings (SSSR count). The van der Waals surface area contributed by atoms with Gasteiger partial charge in [-0.25, -0.2) is 4.74 Å². The molecule has 1 aromatic carbocycles. The zero-order valence-electron chi connectivity index (χ0n) is 5.54. The Bertz CT molecular complexity index is 207. The number of hydrogen-bond donors (Lipinski definition) is 0. The van der Waals surface area contributed by atoms with Crippen LogP contribution in [0.15, 0.2) is 24.3 Å². The van der Waals surface area contributed by atoms with E-state index in [-0.39, 0.29) is 0 Å². The first-order chi connectivity index (χ1) is 4.97. The fourth-order valence-corrected chi connectivity index (χ4v) is 0.992. The fourth-order valence-electron chi connectivity index (χ4n) is 0.992. The summed E-state index contributed by atoms with van der Waals surface area (Å²) in [4.78, 5) is 0. The van der Waals surface area contributed by atoms with Gasteiger partial charge in [-0.3, -0.25) is 0 Å². The van der Waals surface area contributed by atoms with E-state index in [1.54, 1.807) is 0 Å². The van der Waals surface area contributed by atoms with Crippen LogP contribution < -0.4 is 9.47 Å². The Balaban J connectivity index is 2.41. The summed E-state index contributed by atoms with van der Waals surface area (Å²) in [5.74, 6) is 1.71. The smallest absolute Gasteiger partial charge is 0.385 e. The summed E-state index contributed by atoms with van der Waals surface area (Å²) in [6.45, 7) is 1.33. The van der Waals surface area contributed by atoms with Crippen LogP contribution in [-0.4, -0.2) is 13.2 Å². The number of para-hydroxylation sites is 2. The molecule has 10 heavy (non-hydrogen) atoms. The first-order valence-corrected chi connectivity index (χ1v) is 3.31. The number of rotatable bonds is 0. The molecule has 0 bridgehead atoms. The molecule has 1 aliphatic rings. The molecular weight excluding hydrogens is 128 g/mol. The Hall–Kier alpha value is -1.18. The molecule has 0 aromatic heterocycles. The lowest BCUT2D eigenvalue weighted by Crippen LogP contribution is -2.14. The van der Waals surface area contributed by atoms with E-state index in [9.17, 15) is 0 Å². The highest BCUT2D eigenvalue weighted by molar-refractivity contribution is 5.40. The molecule has 0 saturated heterocycles. The predicted octanol–water partition coefficient (Wildman–Crippen LogP) is 1.46. The highest BCUT2D eigenvalue weighted by Gasteiger charge is 2.20. The third kappa shape index (κ3) is 0.817. The van der Waals surface area contributed by atoms with Crippen molar-refractivity contribution >= 4 is 0 Å². The topological polar surface area (TPSA) is 20.5 Å². The zero-order valence-corrected chi connectivity index (χ0v) is 5.54. The van der Waals surface area contributed by atoms with Gasteiger partial charge in [0.05, 0.1) is 0 Å². The van der Waals surface area contributed by atoms with E-state index >= 15 is 0 Å². The molecule has 1 aromatic rings. The van der Waals surface area contributed by atoms with Crippen LogP contribution in [0.1, 0.15) is 0 Å². The van der Waals surface area contributed by atoms with Crippen LogP contribution in [0, 0.1) is 0 Å². The Morgan fingerprint density at radius 3 is 3.10 bits per heavy atom. The van der Waals surface area contributed by atoms with Crippen molar-refractivity contribution in [1.29, 1.82) is 0 Å². The van der Waals surface area contributed by atoms with E-state index in [4.69, 9.17) is 9.47 Å². The molecule has 1 radical (unpaired) electrons. The van der Waals surface area contributed by atoms with E-state index in [1.165, 1.54) is 0 Å². The molecule has 2 nitrogen and oxygen atoms in total. The van der Waals surface area contributed by atoms with E-state index in [1.807, 2.05) is 24.3 Å². The minimum absolute atomic E-state index is 0.664. The number of ether oxygens (including phenoxy) is 2. The van der Waals surface area contributed by atoms with Crippen molar-refractivity contribution in [2.45, 2.75) is 0 Å².